The van der Waals surface area contributed by atoms with Gasteiger partial charge in [-0.05, 0) is 96.3 Å². The summed E-state index contributed by atoms with van der Waals surface area (Å²) >= 11 is 6.62. The molecule has 3 atom stereocenters. The van der Waals surface area contributed by atoms with Crippen LogP contribution in [0.2, 0.25) is 0 Å². The summed E-state index contributed by atoms with van der Waals surface area (Å²) in [6.45, 7) is 5.88. The molecule has 1 unspecified atom stereocenters. The fourth-order valence-electron chi connectivity index (χ4n) is 11.1. The Morgan fingerprint density at radius 3 is 2.12 bits per heavy atom. The number of ether oxygens (including phenoxy) is 6. The van der Waals surface area contributed by atoms with Crippen LogP contribution in [0.25, 0.3) is 16.4 Å². The summed E-state index contributed by atoms with van der Waals surface area (Å²) in [5.41, 5.74) is 10.1. The molecule has 2 aliphatic rings. The number of pyridine rings is 1. The van der Waals surface area contributed by atoms with Crippen LogP contribution in [0.1, 0.15) is 75.8 Å². The number of carbonyl (C=O) groups is 11. The average molecular weight is 1470 g/mol. The van der Waals surface area contributed by atoms with Crippen molar-refractivity contribution in [3.05, 3.63) is 149 Å². The Morgan fingerprint density at radius 1 is 0.743 bits per heavy atom. The molecule has 7 aromatic rings. The lowest BCUT2D eigenvalue weighted by molar-refractivity contribution is -0.137. The Morgan fingerprint density at radius 2 is 1.43 bits per heavy atom. The summed E-state index contributed by atoms with van der Waals surface area (Å²) in [5, 5.41) is 34.9. The van der Waals surface area contributed by atoms with Crippen LogP contribution >= 0.6 is 11.6 Å². The van der Waals surface area contributed by atoms with Crippen molar-refractivity contribution in [2.75, 3.05) is 108 Å². The van der Waals surface area contributed by atoms with Crippen molar-refractivity contribution in [3.63, 3.8) is 0 Å². The van der Waals surface area contributed by atoms with Crippen molar-refractivity contribution < 1.29 is 86.3 Å². The van der Waals surface area contributed by atoms with Gasteiger partial charge in [-0.25, -0.2) is 33.6 Å². The molecule has 0 aliphatic carbocycles. The standard InChI is InChI=1S/C70H81ClN16O18/c1-42(2)61(79-68(97)103-33-31-100-28-26-85-39-49(80-81-85)36-74-67(96)102-32-30-101-29-27-86-57(89)21-22-58(86)90)64(93)78-52(10-7-23-73-66(72)95)63(92)75-47-15-11-44(12-16-47)41-104-69(98)82(4)24-25-83(5)70(99)105-55-34-54-60(59-43(3)8-6-9-51(55)59)46(35-71)37-87(54)65(94)53-40-84-38-48(17-20-56(84)77-53)76-62(91)45-13-18-50(88)19-14-45/h6,8-9,11-22,34,38-40,42,46,52,61,88H,7,10,23-33,35-37,41H2,1-5H3,(H,74,96)(H,75,92)(H,76,91)(H,78,93)(H,79,97)(H3,72,73,95)/t46?,52-,61-/m0/s1. The Labute approximate surface area is 606 Å². The number of halogens is 1. The van der Waals surface area contributed by atoms with E-state index in [1.54, 1.807) is 84.2 Å². The number of urea groups is 1. The maximum Gasteiger partial charge on any atom is 0.415 e. The molecule has 556 valence electrons. The molecule has 12 amide bonds. The van der Waals surface area contributed by atoms with Gasteiger partial charge in [-0.1, -0.05) is 49.4 Å². The number of fused-ring (bicyclic) bond motifs is 4. The van der Waals surface area contributed by atoms with Crippen LogP contribution in [0.3, 0.4) is 0 Å². The molecule has 0 radical (unpaired) electrons. The quantitative estimate of drug-likeness (QED) is 0.0106. The second-order valence-electron chi connectivity index (χ2n) is 24.7. The molecule has 9 rings (SSSR count). The molecule has 0 spiro atoms. The van der Waals surface area contributed by atoms with Gasteiger partial charge in [0.15, 0.2) is 0 Å². The van der Waals surface area contributed by atoms with E-state index in [2.05, 4.69) is 47.2 Å². The van der Waals surface area contributed by atoms with E-state index in [0.717, 1.165) is 21.4 Å². The average Bonchev–Trinajstić information content (AvgIpc) is 1.63. The predicted molar refractivity (Wildman–Crippen MR) is 379 cm³/mol. The topological polar surface area (TPSA) is 423 Å². The van der Waals surface area contributed by atoms with Crippen LogP contribution in [-0.2, 0) is 62.6 Å². The van der Waals surface area contributed by atoms with Crippen LogP contribution < -0.4 is 47.3 Å². The number of alkyl carbamates (subject to hydrolysis) is 2. The number of nitrogens with two attached hydrogens (primary N) is 1. The van der Waals surface area contributed by atoms with Crippen molar-refractivity contribution >= 4 is 111 Å². The third-order valence-corrected chi connectivity index (χ3v) is 17.1. The third kappa shape index (κ3) is 21.4. The van der Waals surface area contributed by atoms with E-state index < -0.39 is 83.8 Å². The van der Waals surface area contributed by atoms with Gasteiger partial charge >= 0.3 is 30.4 Å². The Hall–Kier alpha value is -11.9. The smallest absolute Gasteiger partial charge is 0.415 e. The summed E-state index contributed by atoms with van der Waals surface area (Å²) < 4.78 is 36.0. The number of amides is 12. The number of phenols is 1. The second-order valence-corrected chi connectivity index (χ2v) is 25.0. The molecule has 35 heteroatoms. The van der Waals surface area contributed by atoms with Crippen LogP contribution in [0.4, 0.5) is 41.0 Å². The summed E-state index contributed by atoms with van der Waals surface area (Å²) in [6.07, 6.45) is 4.32. The normalized spacial score (nSPS) is 13.6. The van der Waals surface area contributed by atoms with E-state index in [9.17, 15) is 57.8 Å². The predicted octanol–water partition coefficient (Wildman–Crippen LogP) is 5.53. The Balaban J connectivity index is 0.697. The third-order valence-electron chi connectivity index (χ3n) is 16.7. The first-order valence-electron chi connectivity index (χ1n) is 33.4. The molecular formula is C70H81ClN16O18. The number of aromatic hydroxyl groups is 1. The number of anilines is 3. The Kier molecular flexibility index (Phi) is 27.1. The summed E-state index contributed by atoms with van der Waals surface area (Å²) in [4.78, 5) is 152. The number of aryl methyl sites for hydroxylation is 1. The molecule has 105 heavy (non-hydrogen) atoms. The first kappa shape index (κ1) is 77.3. The SMILES string of the molecule is Cc1cccc2c(OC(=O)N(C)CCN(C)C(=O)OCc3ccc(NC(=O)[C@H](CCCNC(N)=O)NC(=O)[C@@H](NC(=O)OCCOCCn4cc(CNC(=O)OCCOCCN5C(=O)C=CC5=O)nn4)C(C)C)cc3)cc3c(c12)C(CCl)CN3C(=O)c1cn2cc(NC(=O)c3ccc(O)cc3)ccc2n1. The molecule has 9 N–H and O–H groups in total. The second kappa shape index (κ2) is 36.8. The highest BCUT2D eigenvalue weighted by Crippen LogP contribution is 2.47. The molecule has 0 saturated carbocycles. The number of hydrogen-bond acceptors (Lipinski definition) is 21. The molecule has 0 bridgehead atoms. The molecule has 5 heterocycles. The van der Waals surface area contributed by atoms with E-state index in [1.807, 2.05) is 25.1 Å². The van der Waals surface area contributed by atoms with Gasteiger partial charge in [0.25, 0.3) is 23.6 Å². The number of hydrogen-bond donors (Lipinski definition) is 8. The zero-order valence-electron chi connectivity index (χ0n) is 58.2. The summed E-state index contributed by atoms with van der Waals surface area (Å²) in [5.74, 6) is -3.34. The Bertz CT molecular complexity index is 4340. The van der Waals surface area contributed by atoms with Gasteiger partial charge in [-0.2, -0.15) is 0 Å². The highest BCUT2D eigenvalue weighted by Gasteiger charge is 2.37. The number of benzene rings is 4. The molecule has 2 aliphatic heterocycles. The number of likely N-dealkylation sites (N-methyl/N-ethyl adjacent to an activating group) is 2. The van der Waals surface area contributed by atoms with Gasteiger partial charge in [0.1, 0.15) is 60.4 Å². The van der Waals surface area contributed by atoms with Gasteiger partial charge in [0.2, 0.25) is 11.8 Å². The van der Waals surface area contributed by atoms with Gasteiger partial charge < -0.3 is 90.3 Å². The van der Waals surface area contributed by atoms with Gasteiger partial charge in [0, 0.05) is 99.3 Å². The molecule has 34 nitrogen and oxygen atoms in total. The summed E-state index contributed by atoms with van der Waals surface area (Å²) in [6, 6.07) is 19.7. The van der Waals surface area contributed by atoms with Crippen molar-refractivity contribution in [1.29, 1.82) is 0 Å². The number of phenolic OH excluding ortho intramolecular Hbond substituents is 1. The van der Waals surface area contributed by atoms with Crippen molar-refractivity contribution in [1.82, 2.24) is 60.3 Å². The van der Waals surface area contributed by atoms with Crippen LogP contribution in [0, 0.1) is 12.8 Å². The van der Waals surface area contributed by atoms with Crippen LogP contribution in [0.5, 0.6) is 11.5 Å². The molecular weight excluding hydrogens is 1390 g/mol. The lowest BCUT2D eigenvalue weighted by Crippen LogP contribution is -2.54. The first-order valence-corrected chi connectivity index (χ1v) is 34.0. The van der Waals surface area contributed by atoms with Gasteiger partial charge in [-0.3, -0.25) is 33.7 Å². The zero-order valence-corrected chi connectivity index (χ0v) is 58.9. The maximum atomic E-state index is 14.5. The van der Waals surface area contributed by atoms with Crippen molar-refractivity contribution in [3.8, 4) is 11.5 Å². The molecule has 3 aromatic heterocycles. The van der Waals surface area contributed by atoms with Crippen molar-refractivity contribution in [2.45, 2.75) is 71.3 Å². The number of nitrogens with one attached hydrogen (secondary N) is 6. The van der Waals surface area contributed by atoms with Crippen molar-refractivity contribution in [2.24, 2.45) is 11.7 Å². The number of rotatable bonds is 34. The van der Waals surface area contributed by atoms with Gasteiger partial charge in [-0.15, -0.1) is 16.7 Å². The van der Waals surface area contributed by atoms with Crippen LogP contribution in [-0.4, -0.2) is 214 Å². The largest absolute Gasteiger partial charge is 0.508 e. The van der Waals surface area contributed by atoms with E-state index in [4.69, 9.17) is 45.8 Å². The number of primary amides is 1. The number of nitrogens with zero attached hydrogens (tertiary/aromatic N) is 9. The summed E-state index contributed by atoms with van der Waals surface area (Å²) in [7, 11) is 3.02. The van der Waals surface area contributed by atoms with E-state index >= 15 is 0 Å². The van der Waals surface area contributed by atoms with E-state index in [0.29, 0.717) is 44.9 Å². The number of alkyl halides is 1. The van der Waals surface area contributed by atoms with Crippen LogP contribution in [0.15, 0.2) is 116 Å². The minimum Gasteiger partial charge on any atom is -0.508 e. The maximum absolute atomic E-state index is 14.5. The number of imide groups is 1. The minimum atomic E-state index is -1.16. The lowest BCUT2D eigenvalue weighted by Gasteiger charge is -2.25. The fourth-order valence-corrected chi connectivity index (χ4v) is 11.3. The first-order chi connectivity index (χ1) is 50.4. The highest BCUT2D eigenvalue weighted by molar-refractivity contribution is 6.19. The lowest BCUT2D eigenvalue weighted by atomic mass is 9.92. The van der Waals surface area contributed by atoms with E-state index in [1.165, 1.54) is 65.0 Å². The van der Waals surface area contributed by atoms with E-state index in [-0.39, 0.29) is 134 Å². The molecule has 0 saturated heterocycles. The number of carbonyl (C=O) groups excluding carboxylic acids is 11. The minimum absolute atomic E-state index is 0.0139. The molecule has 4 aromatic carbocycles. The monoisotopic (exact) mass is 1470 g/mol. The number of aromatic nitrogens is 5. The molecule has 0 fully saturated rings. The number of imidazole rings is 1. The fraction of sp³-hybridized carbons (Fsp3) is 0.371. The highest BCUT2D eigenvalue weighted by atomic mass is 35.5. The zero-order chi connectivity index (χ0) is 75.3. The van der Waals surface area contributed by atoms with Gasteiger partial charge in [0.05, 0.1) is 63.6 Å².